The minimum atomic E-state index is 0.122. The molecule has 1 fully saturated rings. The highest BCUT2D eigenvalue weighted by atomic mass is 16.2. The molecule has 0 radical (unpaired) electrons. The SMILES string of the molecule is CC1CC(C)N(C(=O)c2ccc(N)cc2)C1. The lowest BCUT2D eigenvalue weighted by molar-refractivity contribution is 0.0744. The van der Waals surface area contributed by atoms with Crippen LogP contribution in [-0.4, -0.2) is 23.4 Å². The Morgan fingerprint density at radius 3 is 2.44 bits per heavy atom. The van der Waals surface area contributed by atoms with Crippen molar-refractivity contribution >= 4 is 11.6 Å². The summed E-state index contributed by atoms with van der Waals surface area (Å²) < 4.78 is 0. The number of nitrogen functional groups attached to an aromatic ring is 1. The molecule has 2 N–H and O–H groups in total. The lowest BCUT2D eigenvalue weighted by Gasteiger charge is -2.21. The number of benzene rings is 1. The second-order valence-corrected chi connectivity index (χ2v) is 4.77. The average Bonchev–Trinajstić information content (AvgIpc) is 2.58. The van der Waals surface area contributed by atoms with Crippen LogP contribution in [0.25, 0.3) is 0 Å². The molecule has 3 heteroatoms. The number of carbonyl (C=O) groups excluding carboxylic acids is 1. The number of nitrogens with zero attached hydrogens (tertiary/aromatic N) is 1. The number of hydrogen-bond acceptors (Lipinski definition) is 2. The molecule has 2 rings (SSSR count). The van der Waals surface area contributed by atoms with Gasteiger partial charge in [0.2, 0.25) is 0 Å². The van der Waals surface area contributed by atoms with Crippen LogP contribution in [-0.2, 0) is 0 Å². The molecule has 1 aliphatic rings. The summed E-state index contributed by atoms with van der Waals surface area (Å²) in [5.41, 5.74) is 7.03. The lowest BCUT2D eigenvalue weighted by Crippen LogP contribution is -2.33. The summed E-state index contributed by atoms with van der Waals surface area (Å²) in [6.45, 7) is 5.16. The number of rotatable bonds is 1. The second-order valence-electron chi connectivity index (χ2n) is 4.77. The van der Waals surface area contributed by atoms with E-state index >= 15 is 0 Å². The monoisotopic (exact) mass is 218 g/mol. The summed E-state index contributed by atoms with van der Waals surface area (Å²) in [6.07, 6.45) is 1.10. The Kier molecular flexibility index (Phi) is 2.86. The predicted molar refractivity (Wildman–Crippen MR) is 65.1 cm³/mol. The Hall–Kier alpha value is -1.51. The molecule has 0 spiro atoms. The van der Waals surface area contributed by atoms with Gasteiger partial charge in [0.15, 0.2) is 0 Å². The number of anilines is 1. The third-order valence-corrected chi connectivity index (χ3v) is 3.20. The van der Waals surface area contributed by atoms with Gasteiger partial charge in [-0.15, -0.1) is 0 Å². The van der Waals surface area contributed by atoms with Gasteiger partial charge in [-0.05, 0) is 43.5 Å². The number of hydrogen-bond donors (Lipinski definition) is 1. The van der Waals surface area contributed by atoms with E-state index in [1.54, 1.807) is 24.3 Å². The van der Waals surface area contributed by atoms with Crippen molar-refractivity contribution in [3.63, 3.8) is 0 Å². The molecule has 3 nitrogen and oxygen atoms in total. The average molecular weight is 218 g/mol. The fourth-order valence-electron chi connectivity index (χ4n) is 2.37. The first-order valence-corrected chi connectivity index (χ1v) is 5.74. The van der Waals surface area contributed by atoms with E-state index in [9.17, 15) is 4.79 Å². The Labute approximate surface area is 96.2 Å². The summed E-state index contributed by atoms with van der Waals surface area (Å²) >= 11 is 0. The molecule has 2 unspecified atom stereocenters. The molecule has 1 heterocycles. The zero-order chi connectivity index (χ0) is 11.7. The van der Waals surface area contributed by atoms with Crippen molar-refractivity contribution in [1.82, 2.24) is 4.90 Å². The number of nitrogens with two attached hydrogens (primary N) is 1. The molecule has 16 heavy (non-hydrogen) atoms. The molecule has 0 aliphatic carbocycles. The van der Waals surface area contributed by atoms with Crippen molar-refractivity contribution in [3.8, 4) is 0 Å². The molecule has 1 amide bonds. The number of carbonyl (C=O) groups is 1. The van der Waals surface area contributed by atoms with E-state index in [2.05, 4.69) is 13.8 Å². The maximum Gasteiger partial charge on any atom is 0.254 e. The van der Waals surface area contributed by atoms with Crippen molar-refractivity contribution in [2.45, 2.75) is 26.3 Å². The van der Waals surface area contributed by atoms with E-state index in [0.29, 0.717) is 17.6 Å². The van der Waals surface area contributed by atoms with Crippen LogP contribution in [0.1, 0.15) is 30.6 Å². The molecule has 1 aromatic rings. The Bertz CT molecular complexity index is 385. The Morgan fingerprint density at radius 1 is 1.31 bits per heavy atom. The number of amides is 1. The van der Waals surface area contributed by atoms with Crippen molar-refractivity contribution in [2.75, 3.05) is 12.3 Å². The van der Waals surface area contributed by atoms with E-state index in [0.717, 1.165) is 18.5 Å². The Balaban J connectivity index is 2.16. The van der Waals surface area contributed by atoms with E-state index in [1.165, 1.54) is 0 Å². The zero-order valence-corrected chi connectivity index (χ0v) is 9.81. The highest BCUT2D eigenvalue weighted by Crippen LogP contribution is 2.24. The van der Waals surface area contributed by atoms with Crippen molar-refractivity contribution < 1.29 is 4.79 Å². The molecule has 1 aliphatic heterocycles. The van der Waals surface area contributed by atoms with Crippen LogP contribution in [0.2, 0.25) is 0 Å². The van der Waals surface area contributed by atoms with Crippen LogP contribution in [0.3, 0.4) is 0 Å². The van der Waals surface area contributed by atoms with Crippen LogP contribution in [0.15, 0.2) is 24.3 Å². The fraction of sp³-hybridized carbons (Fsp3) is 0.462. The molecule has 1 aromatic carbocycles. The first kappa shape index (κ1) is 11.0. The first-order valence-electron chi connectivity index (χ1n) is 5.74. The summed E-state index contributed by atoms with van der Waals surface area (Å²) in [5.74, 6) is 0.726. The van der Waals surface area contributed by atoms with Gasteiger partial charge in [-0.25, -0.2) is 0 Å². The van der Waals surface area contributed by atoms with Gasteiger partial charge in [0.05, 0.1) is 0 Å². The largest absolute Gasteiger partial charge is 0.399 e. The summed E-state index contributed by atoms with van der Waals surface area (Å²) in [4.78, 5) is 14.2. The molecule has 86 valence electrons. The zero-order valence-electron chi connectivity index (χ0n) is 9.81. The molecule has 2 atom stereocenters. The quantitative estimate of drug-likeness (QED) is 0.734. The highest BCUT2D eigenvalue weighted by Gasteiger charge is 2.30. The van der Waals surface area contributed by atoms with Gasteiger partial charge in [-0.2, -0.15) is 0 Å². The van der Waals surface area contributed by atoms with Crippen molar-refractivity contribution in [3.05, 3.63) is 29.8 Å². The molecular weight excluding hydrogens is 200 g/mol. The topological polar surface area (TPSA) is 46.3 Å². The molecule has 0 aromatic heterocycles. The maximum atomic E-state index is 12.2. The van der Waals surface area contributed by atoms with E-state index in [1.807, 2.05) is 4.90 Å². The van der Waals surface area contributed by atoms with E-state index in [-0.39, 0.29) is 5.91 Å². The van der Waals surface area contributed by atoms with E-state index < -0.39 is 0 Å². The van der Waals surface area contributed by atoms with Crippen LogP contribution in [0.4, 0.5) is 5.69 Å². The van der Waals surface area contributed by atoms with Gasteiger partial charge in [0, 0.05) is 23.8 Å². The highest BCUT2D eigenvalue weighted by molar-refractivity contribution is 5.94. The normalized spacial score (nSPS) is 24.8. The van der Waals surface area contributed by atoms with Crippen molar-refractivity contribution in [2.24, 2.45) is 5.92 Å². The van der Waals surface area contributed by atoms with Crippen LogP contribution >= 0.6 is 0 Å². The lowest BCUT2D eigenvalue weighted by atomic mass is 10.1. The summed E-state index contributed by atoms with van der Waals surface area (Å²) in [5, 5.41) is 0. The van der Waals surface area contributed by atoms with Crippen LogP contribution in [0, 0.1) is 5.92 Å². The molecule has 0 saturated carbocycles. The molecule has 0 bridgehead atoms. The smallest absolute Gasteiger partial charge is 0.254 e. The van der Waals surface area contributed by atoms with Crippen molar-refractivity contribution in [1.29, 1.82) is 0 Å². The second kappa shape index (κ2) is 4.16. The Morgan fingerprint density at radius 2 is 1.94 bits per heavy atom. The van der Waals surface area contributed by atoms with E-state index in [4.69, 9.17) is 5.73 Å². The van der Waals surface area contributed by atoms with Gasteiger partial charge in [-0.1, -0.05) is 6.92 Å². The third-order valence-electron chi connectivity index (χ3n) is 3.20. The fourth-order valence-corrected chi connectivity index (χ4v) is 2.37. The minimum Gasteiger partial charge on any atom is -0.399 e. The molecule has 1 saturated heterocycles. The summed E-state index contributed by atoms with van der Waals surface area (Å²) in [6, 6.07) is 7.50. The van der Waals surface area contributed by atoms with Crippen LogP contribution < -0.4 is 5.73 Å². The van der Waals surface area contributed by atoms with Gasteiger partial charge < -0.3 is 10.6 Å². The standard InChI is InChI=1S/C13H18N2O/c1-9-7-10(2)15(8-9)13(16)11-3-5-12(14)6-4-11/h3-6,9-10H,7-8,14H2,1-2H3. The van der Waals surface area contributed by atoms with Gasteiger partial charge in [-0.3, -0.25) is 4.79 Å². The van der Waals surface area contributed by atoms with Gasteiger partial charge in [0.25, 0.3) is 5.91 Å². The third kappa shape index (κ3) is 2.03. The molecular formula is C13H18N2O. The number of likely N-dealkylation sites (tertiary alicyclic amines) is 1. The maximum absolute atomic E-state index is 12.2. The first-order chi connectivity index (χ1) is 7.58. The van der Waals surface area contributed by atoms with Gasteiger partial charge >= 0.3 is 0 Å². The summed E-state index contributed by atoms with van der Waals surface area (Å²) in [7, 11) is 0. The predicted octanol–water partition coefficient (Wildman–Crippen LogP) is 2.14. The minimum absolute atomic E-state index is 0.122. The van der Waals surface area contributed by atoms with Gasteiger partial charge in [0.1, 0.15) is 0 Å². The van der Waals surface area contributed by atoms with Crippen LogP contribution in [0.5, 0.6) is 0 Å².